The summed E-state index contributed by atoms with van der Waals surface area (Å²) in [5.74, 6) is -2.76. The Labute approximate surface area is 164 Å². The second-order valence-corrected chi connectivity index (χ2v) is 6.44. The summed E-state index contributed by atoms with van der Waals surface area (Å²) in [5, 5.41) is 5.07. The first kappa shape index (κ1) is 19.9. The fourth-order valence-electron chi connectivity index (χ4n) is 2.71. The SMILES string of the molecule is CNC(=O)C(NC(=O)c1cc(Cl)c2c(c1)OCCCO2)c1ccc(F)c(F)c1. The van der Waals surface area contributed by atoms with Gasteiger partial charge in [0.25, 0.3) is 5.91 Å². The van der Waals surface area contributed by atoms with E-state index in [9.17, 15) is 18.4 Å². The molecular formula is C19H17ClF2N2O4. The van der Waals surface area contributed by atoms with Crippen molar-refractivity contribution in [2.75, 3.05) is 20.3 Å². The van der Waals surface area contributed by atoms with Crippen LogP contribution in [0.5, 0.6) is 11.5 Å². The van der Waals surface area contributed by atoms with E-state index in [0.29, 0.717) is 31.1 Å². The van der Waals surface area contributed by atoms with Gasteiger partial charge in [-0.15, -0.1) is 0 Å². The molecule has 0 saturated carbocycles. The van der Waals surface area contributed by atoms with Gasteiger partial charge in [-0.1, -0.05) is 17.7 Å². The van der Waals surface area contributed by atoms with Gasteiger partial charge in [0, 0.05) is 19.0 Å². The molecule has 1 aliphatic rings. The van der Waals surface area contributed by atoms with Crippen molar-refractivity contribution in [1.82, 2.24) is 10.6 Å². The highest BCUT2D eigenvalue weighted by atomic mass is 35.5. The quantitative estimate of drug-likeness (QED) is 0.812. The van der Waals surface area contributed by atoms with Gasteiger partial charge in [-0.05, 0) is 29.8 Å². The molecule has 148 valence electrons. The van der Waals surface area contributed by atoms with Crippen LogP contribution in [-0.4, -0.2) is 32.1 Å². The molecule has 0 aliphatic carbocycles. The smallest absolute Gasteiger partial charge is 0.252 e. The van der Waals surface area contributed by atoms with Crippen LogP contribution in [0.25, 0.3) is 0 Å². The number of hydrogen-bond acceptors (Lipinski definition) is 4. The van der Waals surface area contributed by atoms with Gasteiger partial charge in [0.1, 0.15) is 6.04 Å². The molecule has 0 saturated heterocycles. The Kier molecular flexibility index (Phi) is 5.99. The van der Waals surface area contributed by atoms with Gasteiger partial charge in [0.05, 0.1) is 18.2 Å². The van der Waals surface area contributed by atoms with E-state index in [1.165, 1.54) is 25.2 Å². The van der Waals surface area contributed by atoms with Crippen molar-refractivity contribution in [1.29, 1.82) is 0 Å². The lowest BCUT2D eigenvalue weighted by Gasteiger charge is -2.19. The van der Waals surface area contributed by atoms with Crippen molar-refractivity contribution < 1.29 is 27.8 Å². The molecule has 2 aromatic rings. The number of halogens is 3. The first-order valence-corrected chi connectivity index (χ1v) is 8.85. The first-order chi connectivity index (χ1) is 13.4. The molecule has 2 N–H and O–H groups in total. The van der Waals surface area contributed by atoms with E-state index >= 15 is 0 Å². The standard InChI is InChI=1S/C19H17ClF2N2O4/c1-23-19(26)16(10-3-4-13(21)14(22)8-10)24-18(25)11-7-12(20)17-15(9-11)27-5-2-6-28-17/h3-4,7-9,16H,2,5-6H2,1H3,(H,23,26)(H,24,25). The molecule has 28 heavy (non-hydrogen) atoms. The van der Waals surface area contributed by atoms with E-state index in [-0.39, 0.29) is 16.1 Å². The van der Waals surface area contributed by atoms with E-state index in [2.05, 4.69) is 10.6 Å². The molecule has 0 spiro atoms. The molecular weight excluding hydrogens is 394 g/mol. The maximum Gasteiger partial charge on any atom is 0.252 e. The van der Waals surface area contributed by atoms with Gasteiger partial charge in [-0.2, -0.15) is 0 Å². The normalized spacial score (nSPS) is 14.0. The summed E-state index contributed by atoms with van der Waals surface area (Å²) in [7, 11) is 1.37. The average molecular weight is 411 g/mol. The molecule has 0 bridgehead atoms. The second-order valence-electron chi connectivity index (χ2n) is 6.03. The van der Waals surface area contributed by atoms with Crippen molar-refractivity contribution in [2.45, 2.75) is 12.5 Å². The van der Waals surface area contributed by atoms with Crippen LogP contribution in [-0.2, 0) is 4.79 Å². The highest BCUT2D eigenvalue weighted by Crippen LogP contribution is 2.38. The van der Waals surface area contributed by atoms with E-state index in [0.717, 1.165) is 12.1 Å². The second kappa shape index (κ2) is 8.43. The zero-order valence-corrected chi connectivity index (χ0v) is 15.6. The third-order valence-electron chi connectivity index (χ3n) is 4.13. The number of amides is 2. The zero-order chi connectivity index (χ0) is 20.3. The van der Waals surface area contributed by atoms with E-state index < -0.39 is 29.5 Å². The third kappa shape index (κ3) is 4.17. The van der Waals surface area contributed by atoms with Gasteiger partial charge in [0.2, 0.25) is 5.91 Å². The lowest BCUT2D eigenvalue weighted by molar-refractivity contribution is -0.122. The van der Waals surface area contributed by atoms with Crippen molar-refractivity contribution >= 4 is 23.4 Å². The number of likely N-dealkylation sites (N-methyl/N-ethyl adjacent to an activating group) is 1. The largest absolute Gasteiger partial charge is 0.489 e. The van der Waals surface area contributed by atoms with Crippen LogP contribution in [0.3, 0.4) is 0 Å². The molecule has 3 rings (SSSR count). The van der Waals surface area contributed by atoms with E-state index in [4.69, 9.17) is 21.1 Å². The Balaban J connectivity index is 1.90. The van der Waals surface area contributed by atoms with Gasteiger partial charge in [-0.25, -0.2) is 8.78 Å². The summed E-state index contributed by atoms with van der Waals surface area (Å²) in [6.07, 6.45) is 0.668. The number of fused-ring (bicyclic) bond motifs is 1. The van der Waals surface area contributed by atoms with Crippen molar-refractivity contribution in [3.05, 3.63) is 58.1 Å². The number of rotatable bonds is 4. The minimum Gasteiger partial charge on any atom is -0.489 e. The molecule has 9 heteroatoms. The predicted octanol–water partition coefficient (Wildman–Crippen LogP) is 3.00. The Morgan fingerprint density at radius 3 is 2.57 bits per heavy atom. The highest BCUT2D eigenvalue weighted by molar-refractivity contribution is 6.32. The van der Waals surface area contributed by atoms with Crippen molar-refractivity contribution in [3.63, 3.8) is 0 Å². The Morgan fingerprint density at radius 1 is 1.11 bits per heavy atom. The monoisotopic (exact) mass is 410 g/mol. The molecule has 6 nitrogen and oxygen atoms in total. The summed E-state index contributed by atoms with van der Waals surface area (Å²) in [4.78, 5) is 24.9. The topological polar surface area (TPSA) is 76.7 Å². The zero-order valence-electron chi connectivity index (χ0n) is 14.9. The highest BCUT2D eigenvalue weighted by Gasteiger charge is 2.25. The van der Waals surface area contributed by atoms with Crippen LogP contribution in [0.4, 0.5) is 8.78 Å². The number of nitrogens with one attached hydrogen (secondary N) is 2. The van der Waals surface area contributed by atoms with Crippen molar-refractivity contribution in [2.24, 2.45) is 0 Å². The molecule has 2 aromatic carbocycles. The van der Waals surface area contributed by atoms with Gasteiger partial charge < -0.3 is 20.1 Å². The summed E-state index contributed by atoms with van der Waals surface area (Å²) in [5.41, 5.74) is 0.220. The van der Waals surface area contributed by atoms with E-state index in [1.54, 1.807) is 0 Å². The number of carbonyl (C=O) groups excluding carboxylic acids is 2. The van der Waals surface area contributed by atoms with Gasteiger partial charge in [0.15, 0.2) is 23.1 Å². The Bertz CT molecular complexity index is 923. The number of carbonyl (C=O) groups is 2. The predicted molar refractivity (Wildman–Crippen MR) is 97.7 cm³/mol. The van der Waals surface area contributed by atoms with Crippen LogP contribution in [0.15, 0.2) is 30.3 Å². The minimum absolute atomic E-state index is 0.0899. The average Bonchev–Trinajstić information content (AvgIpc) is 2.93. The van der Waals surface area contributed by atoms with Crippen LogP contribution in [0.2, 0.25) is 5.02 Å². The minimum atomic E-state index is -1.23. The number of ether oxygens (including phenoxy) is 2. The maximum atomic E-state index is 13.6. The van der Waals surface area contributed by atoms with Crippen molar-refractivity contribution in [3.8, 4) is 11.5 Å². The van der Waals surface area contributed by atoms with Crippen LogP contribution < -0.4 is 20.1 Å². The maximum absolute atomic E-state index is 13.6. The molecule has 1 aliphatic heterocycles. The molecule has 0 fully saturated rings. The number of benzene rings is 2. The third-order valence-corrected chi connectivity index (χ3v) is 4.41. The fraction of sp³-hybridized carbons (Fsp3) is 0.263. The lowest BCUT2D eigenvalue weighted by atomic mass is 10.0. The van der Waals surface area contributed by atoms with Crippen LogP contribution in [0, 0.1) is 11.6 Å². The summed E-state index contributed by atoms with van der Waals surface area (Å²) in [6, 6.07) is 4.57. The molecule has 1 heterocycles. The Morgan fingerprint density at radius 2 is 1.86 bits per heavy atom. The summed E-state index contributed by atoms with van der Waals surface area (Å²) in [6.45, 7) is 0.845. The Hall–Kier alpha value is -2.87. The molecule has 1 atom stereocenters. The van der Waals surface area contributed by atoms with Gasteiger partial charge >= 0.3 is 0 Å². The molecule has 0 radical (unpaired) electrons. The number of hydrogen-bond donors (Lipinski definition) is 2. The lowest BCUT2D eigenvalue weighted by Crippen LogP contribution is -2.39. The van der Waals surface area contributed by atoms with Crippen LogP contribution in [0.1, 0.15) is 28.4 Å². The van der Waals surface area contributed by atoms with Gasteiger partial charge in [-0.3, -0.25) is 9.59 Å². The summed E-state index contributed by atoms with van der Waals surface area (Å²) < 4.78 is 37.8. The fourth-order valence-corrected chi connectivity index (χ4v) is 2.98. The molecule has 0 aromatic heterocycles. The molecule has 2 amide bonds. The van der Waals surface area contributed by atoms with E-state index in [1.807, 2.05) is 0 Å². The first-order valence-electron chi connectivity index (χ1n) is 8.47. The summed E-state index contributed by atoms with van der Waals surface area (Å²) >= 11 is 6.19. The molecule has 1 unspecified atom stereocenters. The van der Waals surface area contributed by atoms with Crippen LogP contribution >= 0.6 is 11.6 Å².